The molecule has 28 heavy (non-hydrogen) atoms. The molecule has 0 spiro atoms. The fraction of sp³-hybridized carbons (Fsp3) is 0.130. The quantitative estimate of drug-likeness (QED) is 0.545. The molecule has 3 rings (SSSR count). The van der Waals surface area contributed by atoms with E-state index in [0.29, 0.717) is 10.8 Å². The Balaban J connectivity index is 1.60. The van der Waals surface area contributed by atoms with Crippen LogP contribution in [0.15, 0.2) is 71.7 Å². The van der Waals surface area contributed by atoms with Gasteiger partial charge in [-0.3, -0.25) is 9.79 Å². The van der Waals surface area contributed by atoms with Crippen molar-refractivity contribution in [2.45, 2.75) is 13.8 Å². The molecule has 0 unspecified atom stereocenters. The second-order valence-corrected chi connectivity index (χ2v) is 6.85. The molecular formula is C23H21ClN2O2. The van der Waals surface area contributed by atoms with Gasteiger partial charge < -0.3 is 10.1 Å². The number of halogens is 1. The summed E-state index contributed by atoms with van der Waals surface area (Å²) < 4.78 is 5.53. The van der Waals surface area contributed by atoms with Crippen LogP contribution in [0.2, 0.25) is 5.02 Å². The number of amides is 1. The SMILES string of the molecule is Cc1ccc(N=Cc2ccc(OCC(=O)Nc3ccccc3)c(Cl)c2)c(C)c1. The third kappa shape index (κ3) is 5.44. The summed E-state index contributed by atoms with van der Waals surface area (Å²) in [5.41, 5.74) is 4.81. The monoisotopic (exact) mass is 392 g/mol. The van der Waals surface area contributed by atoms with Gasteiger partial charge in [0.2, 0.25) is 0 Å². The molecule has 0 heterocycles. The van der Waals surface area contributed by atoms with E-state index in [1.165, 1.54) is 5.56 Å². The van der Waals surface area contributed by atoms with Crippen molar-refractivity contribution in [1.29, 1.82) is 0 Å². The Hall–Kier alpha value is -3.11. The van der Waals surface area contributed by atoms with E-state index in [0.717, 1.165) is 22.5 Å². The number of para-hydroxylation sites is 1. The summed E-state index contributed by atoms with van der Waals surface area (Å²) in [7, 11) is 0. The number of benzene rings is 3. The predicted octanol–water partition coefficient (Wildman–Crippen LogP) is 5.72. The maximum atomic E-state index is 12.0. The average Bonchev–Trinajstić information content (AvgIpc) is 2.67. The summed E-state index contributed by atoms with van der Waals surface area (Å²) in [5.74, 6) is 0.205. The molecule has 3 aromatic carbocycles. The molecule has 0 saturated heterocycles. The van der Waals surface area contributed by atoms with Crippen LogP contribution in [-0.4, -0.2) is 18.7 Å². The van der Waals surface area contributed by atoms with Gasteiger partial charge in [0, 0.05) is 11.9 Å². The highest BCUT2D eigenvalue weighted by molar-refractivity contribution is 6.32. The number of nitrogens with one attached hydrogen (secondary N) is 1. The summed E-state index contributed by atoms with van der Waals surface area (Å²) in [6.07, 6.45) is 1.76. The van der Waals surface area contributed by atoms with E-state index >= 15 is 0 Å². The Labute approximate surface area is 169 Å². The fourth-order valence-corrected chi connectivity index (χ4v) is 2.91. The summed E-state index contributed by atoms with van der Waals surface area (Å²) in [6.45, 7) is 3.97. The first-order valence-electron chi connectivity index (χ1n) is 8.90. The molecule has 0 fully saturated rings. The topological polar surface area (TPSA) is 50.7 Å². The van der Waals surface area contributed by atoms with Crippen LogP contribution in [0.25, 0.3) is 0 Å². The van der Waals surface area contributed by atoms with E-state index in [9.17, 15) is 4.79 Å². The molecule has 4 nitrogen and oxygen atoms in total. The van der Waals surface area contributed by atoms with Crippen LogP contribution in [0.4, 0.5) is 11.4 Å². The molecule has 0 aromatic heterocycles. The van der Waals surface area contributed by atoms with Gasteiger partial charge in [-0.05, 0) is 61.4 Å². The minimum Gasteiger partial charge on any atom is -0.482 e. The number of hydrogen-bond acceptors (Lipinski definition) is 3. The maximum Gasteiger partial charge on any atom is 0.262 e. The standard InChI is InChI=1S/C23H21ClN2O2/c1-16-8-10-21(17(2)12-16)25-14-18-9-11-22(20(24)13-18)28-15-23(27)26-19-6-4-3-5-7-19/h3-14H,15H2,1-2H3,(H,26,27). The Morgan fingerprint density at radius 1 is 1.07 bits per heavy atom. The van der Waals surface area contributed by atoms with Crippen molar-refractivity contribution in [3.05, 3.63) is 88.4 Å². The predicted molar refractivity (Wildman–Crippen MR) is 115 cm³/mol. The Morgan fingerprint density at radius 2 is 1.86 bits per heavy atom. The number of aryl methyl sites for hydroxylation is 2. The van der Waals surface area contributed by atoms with Gasteiger partial charge in [-0.2, -0.15) is 0 Å². The van der Waals surface area contributed by atoms with Crippen molar-refractivity contribution in [1.82, 2.24) is 0 Å². The highest BCUT2D eigenvalue weighted by Gasteiger charge is 2.07. The number of nitrogens with zero attached hydrogens (tertiary/aromatic N) is 1. The molecule has 5 heteroatoms. The van der Waals surface area contributed by atoms with Crippen LogP contribution in [0.5, 0.6) is 5.75 Å². The van der Waals surface area contributed by atoms with Crippen LogP contribution in [0, 0.1) is 13.8 Å². The van der Waals surface area contributed by atoms with E-state index < -0.39 is 0 Å². The lowest BCUT2D eigenvalue weighted by Crippen LogP contribution is -2.20. The average molecular weight is 393 g/mol. The molecule has 0 bridgehead atoms. The zero-order valence-electron chi connectivity index (χ0n) is 15.8. The minimum absolute atomic E-state index is 0.120. The normalized spacial score (nSPS) is 10.8. The lowest BCUT2D eigenvalue weighted by molar-refractivity contribution is -0.118. The summed E-state index contributed by atoms with van der Waals surface area (Å²) in [4.78, 5) is 16.5. The molecule has 0 aliphatic carbocycles. The van der Waals surface area contributed by atoms with E-state index in [1.54, 1.807) is 18.3 Å². The molecule has 1 amide bonds. The molecule has 0 aliphatic rings. The van der Waals surface area contributed by atoms with Crippen LogP contribution < -0.4 is 10.1 Å². The van der Waals surface area contributed by atoms with Crippen molar-refractivity contribution in [3.8, 4) is 5.75 Å². The Bertz CT molecular complexity index is 1000. The highest BCUT2D eigenvalue weighted by atomic mass is 35.5. The number of anilines is 1. The number of carbonyl (C=O) groups is 1. The molecular weight excluding hydrogens is 372 g/mol. The lowest BCUT2D eigenvalue weighted by Gasteiger charge is -2.09. The molecule has 142 valence electrons. The molecule has 0 atom stereocenters. The summed E-state index contributed by atoms with van der Waals surface area (Å²) in [5, 5.41) is 3.19. The second-order valence-electron chi connectivity index (χ2n) is 6.44. The molecule has 1 N–H and O–H groups in total. The molecule has 0 radical (unpaired) electrons. The lowest BCUT2D eigenvalue weighted by atomic mass is 10.1. The van der Waals surface area contributed by atoms with Crippen LogP contribution in [-0.2, 0) is 4.79 Å². The van der Waals surface area contributed by atoms with Crippen molar-refractivity contribution in [3.63, 3.8) is 0 Å². The zero-order valence-corrected chi connectivity index (χ0v) is 16.5. The second kappa shape index (κ2) is 9.20. The molecule has 3 aromatic rings. The van der Waals surface area contributed by atoms with Gasteiger partial charge in [0.25, 0.3) is 5.91 Å². The number of carbonyl (C=O) groups excluding carboxylic acids is 1. The van der Waals surface area contributed by atoms with Gasteiger partial charge in [-0.1, -0.05) is 47.5 Å². The van der Waals surface area contributed by atoms with Crippen LogP contribution in [0.1, 0.15) is 16.7 Å². The maximum absolute atomic E-state index is 12.0. The zero-order chi connectivity index (χ0) is 19.9. The van der Waals surface area contributed by atoms with Crippen LogP contribution >= 0.6 is 11.6 Å². The van der Waals surface area contributed by atoms with Gasteiger partial charge >= 0.3 is 0 Å². The van der Waals surface area contributed by atoms with Crippen LogP contribution in [0.3, 0.4) is 0 Å². The van der Waals surface area contributed by atoms with Crippen molar-refractivity contribution in [2.75, 3.05) is 11.9 Å². The third-order valence-electron chi connectivity index (χ3n) is 4.08. The van der Waals surface area contributed by atoms with Gasteiger partial charge in [-0.25, -0.2) is 0 Å². The molecule has 0 saturated carbocycles. The summed E-state index contributed by atoms with van der Waals surface area (Å²) >= 11 is 6.29. The number of ether oxygens (including phenoxy) is 1. The first-order valence-corrected chi connectivity index (χ1v) is 9.27. The van der Waals surface area contributed by atoms with Crippen molar-refractivity contribution in [2.24, 2.45) is 4.99 Å². The smallest absolute Gasteiger partial charge is 0.262 e. The minimum atomic E-state index is -0.247. The van der Waals surface area contributed by atoms with E-state index in [2.05, 4.69) is 23.3 Å². The Morgan fingerprint density at radius 3 is 2.57 bits per heavy atom. The number of rotatable bonds is 6. The van der Waals surface area contributed by atoms with Gasteiger partial charge in [0.05, 0.1) is 10.7 Å². The fourth-order valence-electron chi connectivity index (χ4n) is 2.67. The molecule has 0 aliphatic heterocycles. The number of aliphatic imine (C=N–C) groups is 1. The highest BCUT2D eigenvalue weighted by Crippen LogP contribution is 2.26. The first kappa shape index (κ1) is 19.6. The largest absolute Gasteiger partial charge is 0.482 e. The van der Waals surface area contributed by atoms with Gasteiger partial charge in [-0.15, -0.1) is 0 Å². The van der Waals surface area contributed by atoms with E-state index in [4.69, 9.17) is 16.3 Å². The Kier molecular flexibility index (Phi) is 6.45. The van der Waals surface area contributed by atoms with E-state index in [1.807, 2.05) is 55.5 Å². The summed E-state index contributed by atoms with van der Waals surface area (Å²) in [6, 6.07) is 20.7. The first-order chi connectivity index (χ1) is 13.5. The van der Waals surface area contributed by atoms with Crippen molar-refractivity contribution >= 4 is 35.1 Å². The van der Waals surface area contributed by atoms with Gasteiger partial charge in [0.15, 0.2) is 6.61 Å². The van der Waals surface area contributed by atoms with E-state index in [-0.39, 0.29) is 12.5 Å². The number of hydrogen-bond donors (Lipinski definition) is 1. The third-order valence-corrected chi connectivity index (χ3v) is 4.37. The van der Waals surface area contributed by atoms with Gasteiger partial charge in [0.1, 0.15) is 5.75 Å². The van der Waals surface area contributed by atoms with Crippen molar-refractivity contribution < 1.29 is 9.53 Å².